The van der Waals surface area contributed by atoms with E-state index in [4.69, 9.17) is 4.74 Å². The molecule has 4 rings (SSSR count). The largest absolute Gasteiger partial charge is 0.506 e. The molecule has 1 atom stereocenters. The average Bonchev–Trinajstić information content (AvgIpc) is 2.67. The molecular formula is C19H19NO2. The molecule has 0 amide bonds. The first-order chi connectivity index (χ1) is 10.5. The number of likely N-dealkylation sites (N-methyl/N-ethyl adjacent to an activating group) is 1. The zero-order valence-electron chi connectivity index (χ0n) is 13.0. The molecule has 0 fully saturated rings. The Labute approximate surface area is 130 Å². The molecule has 2 aliphatic heterocycles. The van der Waals surface area contributed by atoms with Crippen molar-refractivity contribution in [2.45, 2.75) is 25.0 Å². The van der Waals surface area contributed by atoms with Crippen LogP contribution >= 0.6 is 0 Å². The van der Waals surface area contributed by atoms with E-state index in [9.17, 15) is 5.11 Å². The van der Waals surface area contributed by atoms with E-state index in [1.165, 1.54) is 0 Å². The van der Waals surface area contributed by atoms with Crippen LogP contribution < -0.4 is 9.64 Å². The summed E-state index contributed by atoms with van der Waals surface area (Å²) in [6.45, 7) is 4.32. The summed E-state index contributed by atoms with van der Waals surface area (Å²) in [5, 5.41) is 10.3. The minimum absolute atomic E-state index is 0.292. The van der Waals surface area contributed by atoms with Crippen LogP contribution in [0.25, 0.3) is 6.08 Å². The quantitative estimate of drug-likeness (QED) is 0.799. The predicted molar refractivity (Wildman–Crippen MR) is 88.4 cm³/mol. The first-order valence-electron chi connectivity index (χ1n) is 7.51. The van der Waals surface area contributed by atoms with Gasteiger partial charge in [0.2, 0.25) is 5.72 Å². The van der Waals surface area contributed by atoms with Gasteiger partial charge in [-0.25, -0.2) is 0 Å². The molecule has 2 aliphatic rings. The van der Waals surface area contributed by atoms with Crippen LogP contribution in [0.5, 0.6) is 11.5 Å². The number of benzene rings is 2. The Morgan fingerprint density at radius 3 is 2.59 bits per heavy atom. The van der Waals surface area contributed by atoms with Crippen LogP contribution in [-0.4, -0.2) is 17.9 Å². The van der Waals surface area contributed by atoms with E-state index < -0.39 is 5.72 Å². The van der Waals surface area contributed by atoms with Crippen molar-refractivity contribution in [2.24, 2.45) is 0 Å². The van der Waals surface area contributed by atoms with Gasteiger partial charge in [0.05, 0.1) is 11.1 Å². The van der Waals surface area contributed by atoms with Crippen molar-refractivity contribution >= 4 is 11.8 Å². The number of nitrogens with zero attached hydrogens (tertiary/aromatic N) is 1. The van der Waals surface area contributed by atoms with Crippen molar-refractivity contribution in [3.05, 3.63) is 59.7 Å². The van der Waals surface area contributed by atoms with Gasteiger partial charge in [0.25, 0.3) is 0 Å². The fraction of sp³-hybridized carbons (Fsp3) is 0.263. The summed E-state index contributed by atoms with van der Waals surface area (Å²) >= 11 is 0. The molecule has 22 heavy (non-hydrogen) atoms. The van der Waals surface area contributed by atoms with Gasteiger partial charge in [0, 0.05) is 12.6 Å². The highest BCUT2D eigenvalue weighted by Crippen LogP contribution is 2.56. The van der Waals surface area contributed by atoms with Crippen LogP contribution in [0.4, 0.5) is 5.69 Å². The van der Waals surface area contributed by atoms with Crippen molar-refractivity contribution in [3.8, 4) is 11.5 Å². The van der Waals surface area contributed by atoms with E-state index in [0.29, 0.717) is 5.75 Å². The molecule has 0 aromatic heterocycles. The molecule has 3 nitrogen and oxygen atoms in total. The zero-order chi connectivity index (χ0) is 15.5. The maximum atomic E-state index is 10.3. The fourth-order valence-corrected chi connectivity index (χ4v) is 3.80. The Bertz CT molecular complexity index is 794. The maximum absolute atomic E-state index is 10.3. The van der Waals surface area contributed by atoms with Crippen LogP contribution in [0.15, 0.2) is 48.5 Å². The Morgan fingerprint density at radius 1 is 1.05 bits per heavy atom. The van der Waals surface area contributed by atoms with Crippen molar-refractivity contribution in [2.75, 3.05) is 11.9 Å². The van der Waals surface area contributed by atoms with Crippen LogP contribution in [-0.2, 0) is 5.41 Å². The number of phenols is 1. The number of rotatable bonds is 0. The number of hydrogen-bond donors (Lipinski definition) is 1. The summed E-state index contributed by atoms with van der Waals surface area (Å²) in [6.07, 6.45) is 4.22. The Hall–Kier alpha value is -2.42. The van der Waals surface area contributed by atoms with Gasteiger partial charge in [-0.2, -0.15) is 0 Å². The molecule has 0 saturated heterocycles. The molecule has 0 aliphatic carbocycles. The summed E-state index contributed by atoms with van der Waals surface area (Å²) < 4.78 is 6.47. The highest BCUT2D eigenvalue weighted by molar-refractivity contribution is 5.76. The van der Waals surface area contributed by atoms with E-state index in [0.717, 1.165) is 22.6 Å². The van der Waals surface area contributed by atoms with Gasteiger partial charge in [-0.05, 0) is 43.7 Å². The van der Waals surface area contributed by atoms with Crippen LogP contribution in [0.2, 0.25) is 0 Å². The number of fused-ring (bicyclic) bond motifs is 2. The van der Waals surface area contributed by atoms with Crippen LogP contribution in [0, 0.1) is 0 Å². The smallest absolute Gasteiger partial charge is 0.211 e. The molecule has 0 bridgehead atoms. The molecule has 1 unspecified atom stereocenters. The predicted octanol–water partition coefficient (Wildman–Crippen LogP) is 3.92. The van der Waals surface area contributed by atoms with E-state index in [-0.39, 0.29) is 5.41 Å². The summed E-state index contributed by atoms with van der Waals surface area (Å²) in [4.78, 5) is 2.05. The summed E-state index contributed by atoms with van der Waals surface area (Å²) in [7, 11) is 1.98. The molecule has 2 aromatic rings. The summed E-state index contributed by atoms with van der Waals surface area (Å²) in [5.74, 6) is 1.16. The molecule has 0 saturated carbocycles. The number of aromatic hydroxyl groups is 1. The molecule has 2 heterocycles. The third-order valence-electron chi connectivity index (χ3n) is 5.09. The van der Waals surface area contributed by atoms with Gasteiger partial charge >= 0.3 is 0 Å². The lowest BCUT2D eigenvalue weighted by Gasteiger charge is -2.45. The number of anilines is 1. The summed E-state index contributed by atoms with van der Waals surface area (Å²) in [5.41, 5.74) is 2.09. The van der Waals surface area contributed by atoms with E-state index in [1.807, 2.05) is 42.3 Å². The van der Waals surface area contributed by atoms with Gasteiger partial charge in [0.1, 0.15) is 11.5 Å². The van der Waals surface area contributed by atoms with Crippen molar-refractivity contribution in [3.63, 3.8) is 0 Å². The SMILES string of the molecule is CN1c2c(O)cccc2C(C)(C)C12C=Cc1ccccc1O2. The average molecular weight is 293 g/mol. The van der Waals surface area contributed by atoms with Gasteiger partial charge in [0.15, 0.2) is 0 Å². The summed E-state index contributed by atoms with van der Waals surface area (Å²) in [6, 6.07) is 13.7. The zero-order valence-corrected chi connectivity index (χ0v) is 13.0. The number of para-hydroxylation sites is 2. The number of phenolic OH excluding ortho intramolecular Hbond substituents is 1. The Balaban J connectivity index is 1.94. The van der Waals surface area contributed by atoms with Gasteiger partial charge in [-0.3, -0.25) is 0 Å². The molecule has 3 heteroatoms. The monoisotopic (exact) mass is 293 g/mol. The molecule has 112 valence electrons. The molecule has 1 spiro atoms. The Kier molecular flexibility index (Phi) is 2.45. The molecule has 0 radical (unpaired) electrons. The second kappa shape index (κ2) is 4.07. The first-order valence-corrected chi connectivity index (χ1v) is 7.51. The Morgan fingerprint density at radius 2 is 1.82 bits per heavy atom. The van der Waals surface area contributed by atoms with Crippen molar-refractivity contribution in [1.29, 1.82) is 0 Å². The standard InChI is InChI=1S/C19H19NO2/c1-18(2)14-8-6-9-15(21)17(14)20(3)19(18)12-11-13-7-4-5-10-16(13)22-19/h4-12,21H,1-3H3. The second-order valence-electron chi connectivity index (χ2n) is 6.53. The molecular weight excluding hydrogens is 274 g/mol. The van der Waals surface area contributed by atoms with Gasteiger partial charge < -0.3 is 14.7 Å². The van der Waals surface area contributed by atoms with Crippen LogP contribution in [0.3, 0.4) is 0 Å². The number of hydrogen-bond acceptors (Lipinski definition) is 3. The van der Waals surface area contributed by atoms with Crippen molar-refractivity contribution in [1.82, 2.24) is 0 Å². The number of ether oxygens (including phenoxy) is 1. The normalized spacial score (nSPS) is 24.0. The fourth-order valence-electron chi connectivity index (χ4n) is 3.80. The third-order valence-corrected chi connectivity index (χ3v) is 5.09. The van der Waals surface area contributed by atoms with Crippen LogP contribution in [0.1, 0.15) is 25.0 Å². The minimum Gasteiger partial charge on any atom is -0.506 e. The first kappa shape index (κ1) is 13.3. The lowest BCUT2D eigenvalue weighted by molar-refractivity contribution is 0.0580. The van der Waals surface area contributed by atoms with Gasteiger partial charge in [-0.15, -0.1) is 0 Å². The maximum Gasteiger partial charge on any atom is 0.211 e. The minimum atomic E-state index is -0.636. The van der Waals surface area contributed by atoms with Crippen molar-refractivity contribution < 1.29 is 9.84 Å². The van der Waals surface area contributed by atoms with Gasteiger partial charge in [-0.1, -0.05) is 30.3 Å². The van der Waals surface area contributed by atoms with E-state index in [1.54, 1.807) is 6.07 Å². The lowest BCUT2D eigenvalue weighted by atomic mass is 9.76. The van der Waals surface area contributed by atoms with E-state index in [2.05, 4.69) is 32.1 Å². The highest BCUT2D eigenvalue weighted by atomic mass is 16.5. The lowest BCUT2D eigenvalue weighted by Crippen LogP contribution is -2.58. The highest BCUT2D eigenvalue weighted by Gasteiger charge is 2.58. The molecule has 2 aromatic carbocycles. The van der Waals surface area contributed by atoms with E-state index >= 15 is 0 Å². The molecule has 1 N–H and O–H groups in total. The second-order valence-corrected chi connectivity index (χ2v) is 6.53. The third kappa shape index (κ3) is 1.41. The topological polar surface area (TPSA) is 32.7 Å².